The van der Waals surface area contributed by atoms with Crippen molar-refractivity contribution in [2.45, 2.75) is 45.6 Å². The highest BCUT2D eigenvalue weighted by Gasteiger charge is 2.30. The van der Waals surface area contributed by atoms with Crippen molar-refractivity contribution in [2.75, 3.05) is 7.11 Å². The number of carbonyl (C=O) groups is 1. The molecule has 0 aromatic carbocycles. The van der Waals surface area contributed by atoms with Crippen LogP contribution in [0.15, 0.2) is 4.42 Å². The third-order valence-electron chi connectivity index (χ3n) is 3.09. The van der Waals surface area contributed by atoms with E-state index in [0.29, 0.717) is 18.2 Å². The predicted molar refractivity (Wildman–Crippen MR) is 64.1 cm³/mol. The standard InChI is InChI=1S/C12H20N2O4/c1-5-12(3,17-4)11-14-13-9(18-11)6-8(2)7-10(15)16/h8H,5-7H2,1-4H3,(H,15,16). The predicted octanol–water partition coefficient (Wildman–Crippen LogP) is 1.99. The van der Waals surface area contributed by atoms with E-state index >= 15 is 0 Å². The van der Waals surface area contributed by atoms with E-state index in [4.69, 9.17) is 14.3 Å². The molecule has 0 radical (unpaired) electrons. The zero-order valence-electron chi connectivity index (χ0n) is 11.3. The molecule has 0 aliphatic rings. The van der Waals surface area contributed by atoms with Gasteiger partial charge in [0.1, 0.15) is 5.60 Å². The summed E-state index contributed by atoms with van der Waals surface area (Å²) < 4.78 is 10.9. The highest BCUT2D eigenvalue weighted by Crippen LogP contribution is 2.27. The van der Waals surface area contributed by atoms with Crippen LogP contribution in [0.4, 0.5) is 0 Å². The normalized spacial score (nSPS) is 16.2. The van der Waals surface area contributed by atoms with Gasteiger partial charge in [-0.2, -0.15) is 0 Å². The Balaban J connectivity index is 2.71. The van der Waals surface area contributed by atoms with E-state index in [0.717, 1.165) is 6.42 Å². The molecule has 102 valence electrons. The average Bonchev–Trinajstić information content (AvgIpc) is 2.75. The molecule has 0 aliphatic carbocycles. The molecule has 0 fully saturated rings. The highest BCUT2D eigenvalue weighted by atomic mass is 16.5. The van der Waals surface area contributed by atoms with Crippen molar-refractivity contribution in [3.63, 3.8) is 0 Å². The summed E-state index contributed by atoms with van der Waals surface area (Å²) in [5, 5.41) is 16.6. The van der Waals surface area contributed by atoms with Crippen LogP contribution in [0.5, 0.6) is 0 Å². The number of hydrogen-bond acceptors (Lipinski definition) is 5. The molecule has 0 aliphatic heterocycles. The summed E-state index contributed by atoms with van der Waals surface area (Å²) in [7, 11) is 1.60. The van der Waals surface area contributed by atoms with Gasteiger partial charge in [-0.3, -0.25) is 4.79 Å². The second-order valence-electron chi connectivity index (χ2n) is 4.70. The topological polar surface area (TPSA) is 85.5 Å². The molecule has 1 aromatic heterocycles. The molecule has 1 aromatic rings. The Morgan fingerprint density at radius 2 is 2.22 bits per heavy atom. The lowest BCUT2D eigenvalue weighted by molar-refractivity contribution is -0.137. The summed E-state index contributed by atoms with van der Waals surface area (Å²) in [6.45, 7) is 5.69. The Bertz CT molecular complexity index is 399. The summed E-state index contributed by atoms with van der Waals surface area (Å²) in [6, 6.07) is 0. The van der Waals surface area contributed by atoms with Gasteiger partial charge in [0.15, 0.2) is 0 Å². The van der Waals surface area contributed by atoms with Crippen molar-refractivity contribution in [3.8, 4) is 0 Å². The molecular weight excluding hydrogens is 236 g/mol. The number of aliphatic carboxylic acids is 1. The van der Waals surface area contributed by atoms with Crippen molar-refractivity contribution < 1.29 is 19.1 Å². The number of rotatable bonds is 7. The number of carboxylic acids is 1. The molecule has 0 amide bonds. The molecular formula is C12H20N2O4. The fourth-order valence-electron chi connectivity index (χ4n) is 1.60. The Hall–Kier alpha value is -1.43. The Morgan fingerprint density at radius 1 is 1.56 bits per heavy atom. The Kier molecular flexibility index (Phi) is 4.84. The summed E-state index contributed by atoms with van der Waals surface area (Å²) in [4.78, 5) is 10.6. The van der Waals surface area contributed by atoms with Gasteiger partial charge in [0.2, 0.25) is 11.8 Å². The lowest BCUT2D eigenvalue weighted by atomic mass is 10.0. The maximum atomic E-state index is 10.6. The maximum Gasteiger partial charge on any atom is 0.303 e. The highest BCUT2D eigenvalue weighted by molar-refractivity contribution is 5.66. The first kappa shape index (κ1) is 14.6. The van der Waals surface area contributed by atoms with Crippen molar-refractivity contribution >= 4 is 5.97 Å². The lowest BCUT2D eigenvalue weighted by Gasteiger charge is -2.21. The van der Waals surface area contributed by atoms with Gasteiger partial charge >= 0.3 is 5.97 Å². The minimum Gasteiger partial charge on any atom is -0.481 e. The van der Waals surface area contributed by atoms with Crippen LogP contribution in [0.1, 0.15) is 45.4 Å². The minimum absolute atomic E-state index is 0.0359. The molecule has 0 saturated heterocycles. The van der Waals surface area contributed by atoms with Gasteiger partial charge in [0, 0.05) is 20.0 Å². The molecule has 2 atom stereocenters. The van der Waals surface area contributed by atoms with Crippen molar-refractivity contribution in [3.05, 3.63) is 11.8 Å². The molecule has 0 saturated carbocycles. The van der Waals surface area contributed by atoms with E-state index in [9.17, 15) is 4.79 Å². The monoisotopic (exact) mass is 256 g/mol. The third-order valence-corrected chi connectivity index (χ3v) is 3.09. The van der Waals surface area contributed by atoms with E-state index in [1.54, 1.807) is 7.11 Å². The quantitative estimate of drug-likeness (QED) is 0.803. The second-order valence-corrected chi connectivity index (χ2v) is 4.70. The number of methoxy groups -OCH3 is 1. The Morgan fingerprint density at radius 3 is 2.72 bits per heavy atom. The second kappa shape index (κ2) is 5.95. The number of hydrogen-bond donors (Lipinski definition) is 1. The first-order chi connectivity index (χ1) is 8.41. The summed E-state index contributed by atoms with van der Waals surface area (Å²) >= 11 is 0. The Labute approximate surface area is 106 Å². The first-order valence-electron chi connectivity index (χ1n) is 6.01. The molecule has 1 N–H and O–H groups in total. The number of ether oxygens (including phenoxy) is 1. The number of carboxylic acid groups (broad SMARTS) is 1. The summed E-state index contributed by atoms with van der Waals surface area (Å²) in [5.41, 5.74) is -0.582. The van der Waals surface area contributed by atoms with Crippen molar-refractivity contribution in [1.82, 2.24) is 10.2 Å². The van der Waals surface area contributed by atoms with E-state index in [1.165, 1.54) is 0 Å². The third kappa shape index (κ3) is 3.53. The van der Waals surface area contributed by atoms with Gasteiger partial charge < -0.3 is 14.3 Å². The molecule has 0 spiro atoms. The van der Waals surface area contributed by atoms with Crippen LogP contribution in [0.25, 0.3) is 0 Å². The molecule has 6 nitrogen and oxygen atoms in total. The largest absolute Gasteiger partial charge is 0.481 e. The zero-order chi connectivity index (χ0) is 13.8. The van der Waals surface area contributed by atoms with Crippen LogP contribution in [0.2, 0.25) is 0 Å². The van der Waals surface area contributed by atoms with Gasteiger partial charge in [0.05, 0.1) is 0 Å². The molecule has 6 heteroatoms. The van der Waals surface area contributed by atoms with Gasteiger partial charge in [-0.05, 0) is 19.3 Å². The van der Waals surface area contributed by atoms with Crippen LogP contribution in [0.3, 0.4) is 0 Å². The summed E-state index contributed by atoms with van der Waals surface area (Å²) in [6.07, 6.45) is 1.27. The van der Waals surface area contributed by atoms with E-state index < -0.39 is 11.6 Å². The maximum absolute atomic E-state index is 10.6. The van der Waals surface area contributed by atoms with Crippen LogP contribution >= 0.6 is 0 Å². The van der Waals surface area contributed by atoms with Crippen LogP contribution in [-0.4, -0.2) is 28.4 Å². The van der Waals surface area contributed by atoms with E-state index in [1.807, 2.05) is 20.8 Å². The number of nitrogens with zero attached hydrogens (tertiary/aromatic N) is 2. The fourth-order valence-corrected chi connectivity index (χ4v) is 1.60. The van der Waals surface area contributed by atoms with Gasteiger partial charge in [-0.1, -0.05) is 13.8 Å². The summed E-state index contributed by atoms with van der Waals surface area (Å²) in [5.74, 6) is 0.0317. The van der Waals surface area contributed by atoms with Crippen LogP contribution in [0, 0.1) is 5.92 Å². The minimum atomic E-state index is -0.822. The molecule has 1 rings (SSSR count). The number of aromatic nitrogens is 2. The average molecular weight is 256 g/mol. The molecule has 18 heavy (non-hydrogen) atoms. The van der Waals surface area contributed by atoms with Gasteiger partial charge in [-0.25, -0.2) is 0 Å². The fraction of sp³-hybridized carbons (Fsp3) is 0.750. The molecule has 2 unspecified atom stereocenters. The van der Waals surface area contributed by atoms with E-state index in [-0.39, 0.29) is 12.3 Å². The zero-order valence-corrected chi connectivity index (χ0v) is 11.3. The van der Waals surface area contributed by atoms with Gasteiger partial charge in [-0.15, -0.1) is 10.2 Å². The SMILES string of the molecule is CCC(C)(OC)c1nnc(CC(C)CC(=O)O)o1. The van der Waals surface area contributed by atoms with E-state index in [2.05, 4.69) is 10.2 Å². The van der Waals surface area contributed by atoms with Gasteiger partial charge in [0.25, 0.3) is 0 Å². The smallest absolute Gasteiger partial charge is 0.303 e. The lowest BCUT2D eigenvalue weighted by Crippen LogP contribution is -2.23. The van der Waals surface area contributed by atoms with Crippen molar-refractivity contribution in [1.29, 1.82) is 0 Å². The molecule has 0 bridgehead atoms. The molecule has 1 heterocycles. The first-order valence-corrected chi connectivity index (χ1v) is 6.01. The van der Waals surface area contributed by atoms with Crippen molar-refractivity contribution in [2.24, 2.45) is 5.92 Å². The van der Waals surface area contributed by atoms with Crippen LogP contribution < -0.4 is 0 Å². The van der Waals surface area contributed by atoms with Crippen LogP contribution in [-0.2, 0) is 21.6 Å².